The third-order valence-electron chi connectivity index (χ3n) is 2.61. The van der Waals surface area contributed by atoms with Gasteiger partial charge in [-0.1, -0.05) is 24.3 Å². The van der Waals surface area contributed by atoms with Gasteiger partial charge in [-0.25, -0.2) is 9.82 Å². The molecule has 1 aromatic carbocycles. The van der Waals surface area contributed by atoms with E-state index < -0.39 is 0 Å². The summed E-state index contributed by atoms with van der Waals surface area (Å²) in [6, 6.07) is 8.09. The summed E-state index contributed by atoms with van der Waals surface area (Å²) in [5.74, 6) is 0.466. The van der Waals surface area contributed by atoms with Crippen LogP contribution in [-0.2, 0) is 0 Å². The number of nitrogens with one attached hydrogen (secondary N) is 1. The van der Waals surface area contributed by atoms with Gasteiger partial charge in [0.2, 0.25) is 0 Å². The fraction of sp³-hybridized carbons (Fsp3) is 0.231. The van der Waals surface area contributed by atoms with Crippen LogP contribution in [0.5, 0.6) is 0 Å². The van der Waals surface area contributed by atoms with E-state index in [1.54, 1.807) is 9.31 Å². The molecule has 0 unspecified atom stereocenters. The molecule has 0 aliphatic carbocycles. The topological polar surface area (TPSA) is 18.5 Å². The zero-order valence-electron chi connectivity index (χ0n) is 10.5. The van der Waals surface area contributed by atoms with Crippen molar-refractivity contribution in [3.05, 3.63) is 54.3 Å². The normalized spacial score (nSPS) is 16.6. The Kier molecular flexibility index (Phi) is 3.93. The average Bonchev–Trinajstić information content (AvgIpc) is 2.47. The average molecular weight is 265 g/mol. The van der Waals surface area contributed by atoms with Gasteiger partial charge in [-0.15, -0.1) is 0 Å². The van der Waals surface area contributed by atoms with Crippen molar-refractivity contribution in [2.45, 2.75) is 11.8 Å². The molecule has 3 nitrogen and oxygen atoms in total. The maximum atomic E-state index is 13.5. The van der Waals surface area contributed by atoms with Crippen LogP contribution in [0.4, 0.5) is 4.39 Å². The van der Waals surface area contributed by atoms with Crippen LogP contribution in [-0.4, -0.2) is 22.9 Å². The number of benzene rings is 1. The summed E-state index contributed by atoms with van der Waals surface area (Å²) in [4.78, 5) is 1.04. The number of rotatable bonds is 2. The number of hydrazine groups is 1. The van der Waals surface area contributed by atoms with Crippen LogP contribution in [0.2, 0.25) is 0 Å². The van der Waals surface area contributed by atoms with Gasteiger partial charge in [-0.2, -0.15) is 0 Å². The standard InChI is InChI=1S/C13H16FN3S/c1-10-4-6-13(7-5-10)18-17-9-12(14)8-15-16(3)11(17)2/h4-7,9,15H,2,8H2,1,3H3. The number of nitrogens with zero attached hydrogens (tertiary/aromatic N) is 2. The lowest BCUT2D eigenvalue weighted by Gasteiger charge is -2.26. The van der Waals surface area contributed by atoms with E-state index in [4.69, 9.17) is 0 Å². The maximum Gasteiger partial charge on any atom is 0.133 e. The molecular formula is C13H16FN3S. The second kappa shape index (κ2) is 5.46. The molecule has 18 heavy (non-hydrogen) atoms. The minimum absolute atomic E-state index is 0.181. The Morgan fingerprint density at radius 2 is 2.00 bits per heavy atom. The van der Waals surface area contributed by atoms with E-state index in [0.717, 1.165) is 4.90 Å². The molecule has 0 saturated heterocycles. The van der Waals surface area contributed by atoms with Gasteiger partial charge >= 0.3 is 0 Å². The van der Waals surface area contributed by atoms with Crippen molar-refractivity contribution in [3.8, 4) is 0 Å². The summed E-state index contributed by atoms with van der Waals surface area (Å²) in [7, 11) is 1.82. The van der Waals surface area contributed by atoms with Gasteiger partial charge in [0, 0.05) is 11.9 Å². The molecule has 0 aromatic heterocycles. The molecule has 2 rings (SSSR count). The highest BCUT2D eigenvalue weighted by Gasteiger charge is 2.16. The zero-order valence-corrected chi connectivity index (χ0v) is 11.3. The Hall–Kier alpha value is -1.46. The smallest absolute Gasteiger partial charge is 0.133 e. The first-order valence-corrected chi connectivity index (χ1v) is 6.40. The fourth-order valence-electron chi connectivity index (χ4n) is 1.47. The molecule has 1 aliphatic heterocycles. The van der Waals surface area contributed by atoms with Gasteiger partial charge in [0.1, 0.15) is 11.6 Å². The maximum absolute atomic E-state index is 13.5. The molecule has 0 amide bonds. The first-order chi connectivity index (χ1) is 8.56. The van der Waals surface area contributed by atoms with E-state index in [2.05, 4.69) is 12.0 Å². The van der Waals surface area contributed by atoms with E-state index in [0.29, 0.717) is 5.82 Å². The van der Waals surface area contributed by atoms with Gasteiger partial charge in [0.25, 0.3) is 0 Å². The van der Waals surface area contributed by atoms with Gasteiger partial charge in [-0.05, 0) is 31.0 Å². The van der Waals surface area contributed by atoms with E-state index in [9.17, 15) is 4.39 Å². The molecule has 1 aliphatic rings. The molecule has 0 saturated carbocycles. The van der Waals surface area contributed by atoms with Gasteiger partial charge in [0.15, 0.2) is 0 Å². The minimum atomic E-state index is -0.222. The van der Waals surface area contributed by atoms with E-state index in [1.165, 1.54) is 23.7 Å². The van der Waals surface area contributed by atoms with Crippen molar-refractivity contribution >= 4 is 11.9 Å². The SMILES string of the molecule is C=C1N(C)NCC(F)=CN1Sc1ccc(C)cc1. The molecule has 0 fully saturated rings. The molecule has 5 heteroatoms. The van der Waals surface area contributed by atoms with Crippen molar-refractivity contribution in [3.63, 3.8) is 0 Å². The van der Waals surface area contributed by atoms with Crippen LogP contribution in [0.1, 0.15) is 5.56 Å². The predicted octanol–water partition coefficient (Wildman–Crippen LogP) is 3.04. The van der Waals surface area contributed by atoms with Crippen LogP contribution in [0.15, 0.2) is 53.6 Å². The van der Waals surface area contributed by atoms with Crippen LogP contribution >= 0.6 is 11.9 Å². The summed E-state index contributed by atoms with van der Waals surface area (Å²) in [6.45, 7) is 6.16. The molecule has 0 spiro atoms. The number of halogens is 1. The van der Waals surface area contributed by atoms with Crippen molar-refractivity contribution in [2.24, 2.45) is 0 Å². The Morgan fingerprint density at radius 3 is 2.67 bits per heavy atom. The van der Waals surface area contributed by atoms with Gasteiger partial charge in [-0.3, -0.25) is 9.31 Å². The first kappa shape index (κ1) is 13.0. The largest absolute Gasteiger partial charge is 0.296 e. The Balaban J connectivity index is 2.17. The third-order valence-corrected chi connectivity index (χ3v) is 3.60. The number of aryl methyl sites for hydroxylation is 1. The van der Waals surface area contributed by atoms with Crippen molar-refractivity contribution in [1.82, 2.24) is 14.7 Å². The summed E-state index contributed by atoms with van der Waals surface area (Å²) in [6.07, 6.45) is 1.46. The monoisotopic (exact) mass is 265 g/mol. The summed E-state index contributed by atoms with van der Waals surface area (Å²) >= 11 is 1.44. The minimum Gasteiger partial charge on any atom is -0.296 e. The second-order valence-corrected chi connectivity index (χ2v) is 5.16. The highest BCUT2D eigenvalue weighted by atomic mass is 32.2. The Morgan fingerprint density at radius 1 is 1.33 bits per heavy atom. The van der Waals surface area contributed by atoms with Crippen molar-refractivity contribution in [1.29, 1.82) is 0 Å². The third kappa shape index (κ3) is 3.05. The zero-order chi connectivity index (χ0) is 13.1. The molecule has 0 bridgehead atoms. The fourth-order valence-corrected chi connectivity index (χ4v) is 2.35. The quantitative estimate of drug-likeness (QED) is 0.828. The molecular weight excluding hydrogens is 249 g/mol. The lowest BCUT2D eigenvalue weighted by molar-refractivity contribution is 0.280. The van der Waals surface area contributed by atoms with Crippen LogP contribution in [0, 0.1) is 6.92 Å². The lowest BCUT2D eigenvalue weighted by Crippen LogP contribution is -2.35. The molecule has 0 atom stereocenters. The Labute approximate surface area is 111 Å². The number of hydrogen-bond acceptors (Lipinski definition) is 4. The first-order valence-electron chi connectivity index (χ1n) is 5.62. The predicted molar refractivity (Wildman–Crippen MR) is 73.0 cm³/mol. The highest BCUT2D eigenvalue weighted by Crippen LogP contribution is 2.29. The molecule has 1 aromatic rings. The van der Waals surface area contributed by atoms with E-state index in [-0.39, 0.29) is 12.4 Å². The molecule has 0 radical (unpaired) electrons. The summed E-state index contributed by atoms with van der Waals surface area (Å²) in [5, 5.41) is 1.71. The summed E-state index contributed by atoms with van der Waals surface area (Å²) in [5.41, 5.74) is 4.11. The van der Waals surface area contributed by atoms with E-state index in [1.807, 2.05) is 38.2 Å². The van der Waals surface area contributed by atoms with Gasteiger partial charge in [0.05, 0.1) is 12.7 Å². The molecule has 96 valence electrons. The Bertz CT molecular complexity index is 470. The second-order valence-electron chi connectivity index (χ2n) is 4.12. The van der Waals surface area contributed by atoms with Crippen molar-refractivity contribution < 1.29 is 4.39 Å². The van der Waals surface area contributed by atoms with Gasteiger partial charge < -0.3 is 0 Å². The van der Waals surface area contributed by atoms with E-state index >= 15 is 0 Å². The molecule has 1 N–H and O–H groups in total. The highest BCUT2D eigenvalue weighted by molar-refractivity contribution is 7.97. The van der Waals surface area contributed by atoms with Crippen LogP contribution < -0.4 is 5.43 Å². The van der Waals surface area contributed by atoms with Crippen molar-refractivity contribution in [2.75, 3.05) is 13.6 Å². The number of hydrogen-bond donors (Lipinski definition) is 1. The summed E-state index contributed by atoms with van der Waals surface area (Å²) < 4.78 is 15.2. The lowest BCUT2D eigenvalue weighted by atomic mass is 10.2. The van der Waals surface area contributed by atoms with Crippen LogP contribution in [0.3, 0.4) is 0 Å². The van der Waals surface area contributed by atoms with Crippen LogP contribution in [0.25, 0.3) is 0 Å². The molecule has 1 heterocycles.